The minimum atomic E-state index is -4.71. The number of carbonyl (C=O) groups excluding carboxylic acids is 3. The van der Waals surface area contributed by atoms with E-state index in [2.05, 4.69) is 13.5 Å². The Kier molecular flexibility index (Phi) is 8.54. The van der Waals surface area contributed by atoms with Gasteiger partial charge >= 0.3 is 18.1 Å². The molecule has 3 aliphatic carbocycles. The number of Topliss-reactive ketones (excluding diaryl/α,β-unsaturated/α-hetero) is 1. The van der Waals surface area contributed by atoms with Gasteiger partial charge in [-0.2, -0.15) is 13.2 Å². The van der Waals surface area contributed by atoms with E-state index in [-0.39, 0.29) is 29.6 Å². The lowest BCUT2D eigenvalue weighted by atomic mass is 9.44. The van der Waals surface area contributed by atoms with Crippen molar-refractivity contribution in [2.75, 3.05) is 6.61 Å². The lowest BCUT2D eigenvalue weighted by molar-refractivity contribution is -0.208. The van der Waals surface area contributed by atoms with Crippen molar-refractivity contribution in [1.82, 2.24) is 0 Å². The number of halogens is 4. The van der Waals surface area contributed by atoms with Crippen LogP contribution < -0.4 is 0 Å². The molecule has 3 fully saturated rings. The first-order valence-corrected chi connectivity index (χ1v) is 14.2. The highest BCUT2D eigenvalue weighted by atomic mass is 19.4. The predicted octanol–water partition coefficient (Wildman–Crippen LogP) is 6.31. The highest BCUT2D eigenvalue weighted by Gasteiger charge is 2.68. The molecule has 0 aliphatic heterocycles. The molecule has 0 radical (unpaired) electrons. The van der Waals surface area contributed by atoms with Crippen molar-refractivity contribution in [1.29, 1.82) is 0 Å². The van der Waals surface area contributed by atoms with Crippen molar-refractivity contribution in [3.63, 3.8) is 0 Å². The number of hydrogen-bond acceptors (Lipinski definition) is 6. The van der Waals surface area contributed by atoms with E-state index >= 15 is 0 Å². The third-order valence-electron chi connectivity index (χ3n) is 10.6. The van der Waals surface area contributed by atoms with Gasteiger partial charge in [-0.05, 0) is 61.1 Å². The van der Waals surface area contributed by atoms with Crippen LogP contribution in [0.5, 0.6) is 0 Å². The summed E-state index contributed by atoms with van der Waals surface area (Å²) in [6, 6.07) is 1.89. The SMILES string of the molecule is C=C[C@]1(C)C[C@@H](OC(=O)COC(=O)/C=C/c2ccc(C(F)(F)F)cc2F)[C@]2(C)[C@H](C)CC[C@]3(CCC(=O)[C@H]32)[C@@H](C)[C@@H]1O. The van der Waals surface area contributed by atoms with Crippen molar-refractivity contribution in [2.45, 2.75) is 78.2 Å². The Labute approximate surface area is 243 Å². The number of ketones is 1. The Hall–Kier alpha value is -3.01. The first-order valence-electron chi connectivity index (χ1n) is 14.2. The summed E-state index contributed by atoms with van der Waals surface area (Å²) in [6.45, 7) is 11.1. The number of esters is 2. The third-order valence-corrected chi connectivity index (χ3v) is 10.6. The lowest BCUT2D eigenvalue weighted by Crippen LogP contribution is -2.63. The van der Waals surface area contributed by atoms with Crippen LogP contribution >= 0.6 is 0 Å². The van der Waals surface area contributed by atoms with Crippen molar-refractivity contribution >= 4 is 23.8 Å². The van der Waals surface area contributed by atoms with Gasteiger partial charge in [0.05, 0.1) is 11.7 Å². The number of rotatable bonds is 6. The van der Waals surface area contributed by atoms with Crippen LogP contribution in [0.3, 0.4) is 0 Å². The van der Waals surface area contributed by atoms with Crippen LogP contribution in [-0.2, 0) is 30.0 Å². The molecule has 42 heavy (non-hydrogen) atoms. The van der Waals surface area contributed by atoms with Crippen molar-refractivity contribution in [3.05, 3.63) is 53.9 Å². The van der Waals surface area contributed by atoms with E-state index in [9.17, 15) is 37.1 Å². The smallest absolute Gasteiger partial charge is 0.416 e. The normalized spacial score (nSPS) is 36.6. The van der Waals surface area contributed by atoms with Crippen molar-refractivity contribution < 1.29 is 46.5 Å². The van der Waals surface area contributed by atoms with Gasteiger partial charge in [-0.25, -0.2) is 14.0 Å². The van der Waals surface area contributed by atoms with Gasteiger partial charge < -0.3 is 14.6 Å². The third kappa shape index (κ3) is 5.42. The van der Waals surface area contributed by atoms with Crippen LogP contribution in [0.25, 0.3) is 6.08 Å². The van der Waals surface area contributed by atoms with Gasteiger partial charge in [-0.1, -0.05) is 39.8 Å². The van der Waals surface area contributed by atoms with E-state index < -0.39 is 70.5 Å². The molecule has 10 heteroatoms. The number of aliphatic hydroxyl groups is 1. The summed E-state index contributed by atoms with van der Waals surface area (Å²) >= 11 is 0. The maximum atomic E-state index is 14.1. The number of hydrogen-bond donors (Lipinski definition) is 1. The van der Waals surface area contributed by atoms with Gasteiger partial charge in [0, 0.05) is 34.8 Å². The van der Waals surface area contributed by atoms with Crippen LogP contribution in [0.15, 0.2) is 36.9 Å². The highest BCUT2D eigenvalue weighted by molar-refractivity contribution is 5.88. The quantitative estimate of drug-likeness (QED) is 0.180. The monoisotopic (exact) mass is 594 g/mol. The summed E-state index contributed by atoms with van der Waals surface area (Å²) in [5, 5.41) is 11.6. The van der Waals surface area contributed by atoms with E-state index in [0.29, 0.717) is 25.0 Å². The van der Waals surface area contributed by atoms with Gasteiger partial charge in [-0.15, -0.1) is 6.58 Å². The Bertz CT molecular complexity index is 1290. The number of ether oxygens (including phenoxy) is 2. The molecule has 1 N–H and O–H groups in total. The van der Waals surface area contributed by atoms with Crippen LogP contribution in [0.4, 0.5) is 17.6 Å². The summed E-state index contributed by atoms with van der Waals surface area (Å²) in [5.41, 5.74) is -3.42. The molecule has 4 rings (SSSR count). The fraction of sp³-hybridized carbons (Fsp3) is 0.594. The second-order valence-electron chi connectivity index (χ2n) is 12.7. The summed E-state index contributed by atoms with van der Waals surface area (Å²) < 4.78 is 63.3. The van der Waals surface area contributed by atoms with E-state index in [4.69, 9.17) is 9.47 Å². The van der Waals surface area contributed by atoms with Crippen LogP contribution in [0, 0.1) is 39.8 Å². The van der Waals surface area contributed by atoms with E-state index in [1.807, 2.05) is 20.8 Å². The molecule has 0 unspecified atom stereocenters. The van der Waals surface area contributed by atoms with Crippen LogP contribution in [0.1, 0.15) is 70.9 Å². The Morgan fingerprint density at radius 1 is 1.19 bits per heavy atom. The zero-order valence-electron chi connectivity index (χ0n) is 24.3. The minimum absolute atomic E-state index is 0.0242. The van der Waals surface area contributed by atoms with Crippen LogP contribution in [0.2, 0.25) is 0 Å². The molecule has 3 aliphatic rings. The Morgan fingerprint density at radius 2 is 1.88 bits per heavy atom. The van der Waals surface area contributed by atoms with Crippen molar-refractivity contribution in [3.8, 4) is 0 Å². The van der Waals surface area contributed by atoms with E-state index in [0.717, 1.165) is 31.1 Å². The minimum Gasteiger partial charge on any atom is -0.459 e. The summed E-state index contributed by atoms with van der Waals surface area (Å²) in [5.74, 6) is -3.50. The number of aliphatic hydroxyl groups excluding tert-OH is 1. The first-order chi connectivity index (χ1) is 19.5. The molecule has 3 saturated carbocycles. The largest absolute Gasteiger partial charge is 0.459 e. The molecular weight excluding hydrogens is 556 g/mol. The molecule has 0 aromatic heterocycles. The predicted molar refractivity (Wildman–Crippen MR) is 146 cm³/mol. The molecule has 1 aromatic rings. The summed E-state index contributed by atoms with van der Waals surface area (Å²) in [7, 11) is 0. The zero-order valence-corrected chi connectivity index (χ0v) is 24.3. The first kappa shape index (κ1) is 31.9. The number of alkyl halides is 3. The molecular formula is C32H38F4O6. The molecule has 6 nitrogen and oxygen atoms in total. The molecule has 1 aromatic carbocycles. The fourth-order valence-electron chi connectivity index (χ4n) is 7.87. The van der Waals surface area contributed by atoms with Gasteiger partial charge in [0.2, 0.25) is 0 Å². The molecule has 0 saturated heterocycles. The molecule has 8 atom stereocenters. The second kappa shape index (κ2) is 11.2. The standard InChI is InChI=1S/C32H38F4O6/c1-6-29(4)16-24(30(5)18(2)11-13-31(19(3)28(29)40)14-12-23(37)27(30)31)42-26(39)17-41-25(38)10-8-20-7-9-21(15-22(20)33)32(34,35)36/h6-10,15,18-19,24,27-28,40H,1,11-14,16-17H2,2-5H3/b10-8+/t18-,19+,24-,27+,28+,29-,30+,31+/m1/s1. The molecule has 0 amide bonds. The summed E-state index contributed by atoms with van der Waals surface area (Å²) in [4.78, 5) is 38.7. The van der Waals surface area contributed by atoms with Crippen LogP contribution in [-0.4, -0.2) is 41.6 Å². The number of benzene rings is 1. The Morgan fingerprint density at radius 3 is 2.50 bits per heavy atom. The average Bonchev–Trinajstić information content (AvgIpc) is 3.29. The van der Waals surface area contributed by atoms with E-state index in [1.54, 1.807) is 6.08 Å². The molecule has 2 bridgehead atoms. The topological polar surface area (TPSA) is 89.9 Å². The average molecular weight is 595 g/mol. The maximum absolute atomic E-state index is 14.1. The van der Waals surface area contributed by atoms with Crippen molar-refractivity contribution in [2.24, 2.45) is 34.0 Å². The fourth-order valence-corrected chi connectivity index (χ4v) is 7.87. The zero-order chi connectivity index (χ0) is 31.3. The van der Waals surface area contributed by atoms with Gasteiger partial charge in [-0.3, -0.25) is 4.79 Å². The van der Waals surface area contributed by atoms with Gasteiger partial charge in [0.1, 0.15) is 17.7 Å². The molecule has 0 heterocycles. The maximum Gasteiger partial charge on any atom is 0.416 e. The second-order valence-corrected chi connectivity index (χ2v) is 12.7. The van der Waals surface area contributed by atoms with E-state index in [1.165, 1.54) is 0 Å². The molecule has 230 valence electrons. The molecule has 0 spiro atoms. The Balaban J connectivity index is 1.52. The number of carbonyl (C=O) groups is 3. The van der Waals surface area contributed by atoms with Gasteiger partial charge in [0.15, 0.2) is 6.61 Å². The lowest BCUT2D eigenvalue weighted by Gasteiger charge is -2.61. The summed E-state index contributed by atoms with van der Waals surface area (Å²) in [6.07, 6.45) is -0.0170. The highest BCUT2D eigenvalue weighted by Crippen LogP contribution is 2.68. The van der Waals surface area contributed by atoms with Gasteiger partial charge in [0.25, 0.3) is 0 Å².